The molecule has 0 radical (unpaired) electrons. The predicted octanol–water partition coefficient (Wildman–Crippen LogP) is 1.92. The number of rotatable bonds is 3. The minimum absolute atomic E-state index is 0.0816. The third kappa shape index (κ3) is 3.36. The normalized spacial score (nSPS) is 20.4. The molecule has 0 amide bonds. The van der Waals surface area contributed by atoms with Crippen molar-refractivity contribution in [2.45, 2.75) is 6.10 Å². The van der Waals surface area contributed by atoms with Crippen LogP contribution in [0.5, 0.6) is 5.75 Å². The number of halogens is 1. The molecule has 4 nitrogen and oxygen atoms in total. The van der Waals surface area contributed by atoms with E-state index in [1.54, 1.807) is 18.2 Å². The van der Waals surface area contributed by atoms with Gasteiger partial charge in [-0.3, -0.25) is 0 Å². The van der Waals surface area contributed by atoms with Gasteiger partial charge in [0.2, 0.25) is 0 Å². The van der Waals surface area contributed by atoms with Gasteiger partial charge >= 0.3 is 0 Å². The maximum Gasteiger partial charge on any atom is 0.121 e. The molecule has 0 bridgehead atoms. The van der Waals surface area contributed by atoms with Crippen LogP contribution in [0.1, 0.15) is 5.56 Å². The molecule has 1 aromatic rings. The van der Waals surface area contributed by atoms with Gasteiger partial charge in [-0.25, -0.2) is 0 Å². The lowest BCUT2D eigenvalue weighted by Gasteiger charge is -2.29. The number of benzene rings is 1. The van der Waals surface area contributed by atoms with Gasteiger partial charge in [0.1, 0.15) is 24.5 Å². The monoisotopic (exact) mass is 266 g/mol. The summed E-state index contributed by atoms with van der Waals surface area (Å²) < 4.78 is 11.2. The van der Waals surface area contributed by atoms with Crippen molar-refractivity contribution >= 4 is 11.6 Å². The molecule has 1 aromatic carbocycles. The van der Waals surface area contributed by atoms with E-state index >= 15 is 0 Å². The summed E-state index contributed by atoms with van der Waals surface area (Å²) in [6, 6.07) is 7.08. The second-order valence-corrected chi connectivity index (χ2v) is 4.73. The first-order valence-electron chi connectivity index (χ1n) is 5.81. The zero-order valence-corrected chi connectivity index (χ0v) is 11.0. The molecule has 0 spiro atoms. The van der Waals surface area contributed by atoms with Gasteiger partial charge in [-0.05, 0) is 19.2 Å². The van der Waals surface area contributed by atoms with Crippen LogP contribution < -0.4 is 4.74 Å². The van der Waals surface area contributed by atoms with Gasteiger partial charge in [0.15, 0.2) is 0 Å². The fourth-order valence-corrected chi connectivity index (χ4v) is 2.05. The summed E-state index contributed by atoms with van der Waals surface area (Å²) in [5, 5.41) is 9.19. The van der Waals surface area contributed by atoms with Crippen LogP contribution in [0.15, 0.2) is 18.2 Å². The molecule has 96 valence electrons. The maximum absolute atomic E-state index is 8.77. The van der Waals surface area contributed by atoms with Crippen LogP contribution in [-0.2, 0) is 4.74 Å². The molecule has 0 saturated carbocycles. The van der Waals surface area contributed by atoms with Crippen molar-refractivity contribution in [3.05, 3.63) is 28.8 Å². The minimum Gasteiger partial charge on any atom is -0.491 e. The summed E-state index contributed by atoms with van der Waals surface area (Å²) in [7, 11) is 2.06. The standard InChI is InChI=1S/C13H15ClN2O2/c1-16-4-5-17-12(8-16)9-18-11-3-2-10(7-15)13(14)6-11/h2-3,6,12H,4-5,8-9H2,1H3. The lowest BCUT2D eigenvalue weighted by Crippen LogP contribution is -2.42. The summed E-state index contributed by atoms with van der Waals surface area (Å²) in [6.07, 6.45) is 0.0816. The van der Waals surface area contributed by atoms with Gasteiger partial charge < -0.3 is 14.4 Å². The number of nitriles is 1. The number of ether oxygens (including phenoxy) is 2. The highest BCUT2D eigenvalue weighted by atomic mass is 35.5. The Bertz CT molecular complexity index is 459. The van der Waals surface area contributed by atoms with E-state index in [1.807, 2.05) is 6.07 Å². The highest BCUT2D eigenvalue weighted by Gasteiger charge is 2.18. The molecule has 1 atom stereocenters. The maximum atomic E-state index is 8.77. The SMILES string of the molecule is CN1CCOC(COc2ccc(C#N)c(Cl)c2)C1. The Kier molecular flexibility index (Phi) is 4.43. The van der Waals surface area contributed by atoms with Crippen molar-refractivity contribution in [2.75, 3.05) is 33.4 Å². The summed E-state index contributed by atoms with van der Waals surface area (Å²) in [5.74, 6) is 0.663. The molecule has 0 N–H and O–H groups in total. The van der Waals surface area contributed by atoms with Gasteiger partial charge in [-0.1, -0.05) is 11.6 Å². The van der Waals surface area contributed by atoms with Crippen molar-refractivity contribution in [3.63, 3.8) is 0 Å². The lowest BCUT2D eigenvalue weighted by molar-refractivity contribution is -0.0403. The highest BCUT2D eigenvalue weighted by molar-refractivity contribution is 6.31. The molecule has 1 heterocycles. The van der Waals surface area contributed by atoms with E-state index in [-0.39, 0.29) is 6.10 Å². The van der Waals surface area contributed by atoms with Crippen molar-refractivity contribution in [1.82, 2.24) is 4.90 Å². The Labute approximate surface area is 112 Å². The fourth-order valence-electron chi connectivity index (χ4n) is 1.83. The van der Waals surface area contributed by atoms with Crippen LogP contribution in [0.3, 0.4) is 0 Å². The molecular weight excluding hydrogens is 252 g/mol. The molecule has 1 aliphatic heterocycles. The van der Waals surface area contributed by atoms with Crippen LogP contribution in [0.25, 0.3) is 0 Å². The Balaban J connectivity index is 1.90. The zero-order chi connectivity index (χ0) is 13.0. The van der Waals surface area contributed by atoms with Crippen molar-refractivity contribution in [3.8, 4) is 11.8 Å². The molecule has 1 saturated heterocycles. The Hall–Kier alpha value is -1.28. The minimum atomic E-state index is 0.0816. The van der Waals surface area contributed by atoms with Crippen LogP contribution in [0, 0.1) is 11.3 Å². The van der Waals surface area contributed by atoms with Crippen LogP contribution in [0.4, 0.5) is 0 Å². The van der Waals surface area contributed by atoms with Gasteiger partial charge in [0.05, 0.1) is 17.2 Å². The van der Waals surface area contributed by atoms with Crippen LogP contribution >= 0.6 is 11.6 Å². The third-order valence-electron chi connectivity index (χ3n) is 2.84. The molecule has 0 aliphatic carbocycles. The summed E-state index contributed by atoms with van der Waals surface area (Å²) in [6.45, 7) is 3.05. The molecule has 1 aliphatic rings. The van der Waals surface area contributed by atoms with E-state index in [9.17, 15) is 0 Å². The molecule has 1 unspecified atom stereocenters. The largest absolute Gasteiger partial charge is 0.491 e. The van der Waals surface area contributed by atoms with Gasteiger partial charge in [0, 0.05) is 19.2 Å². The van der Waals surface area contributed by atoms with E-state index in [0.717, 1.165) is 19.7 Å². The van der Waals surface area contributed by atoms with E-state index in [1.165, 1.54) is 0 Å². The summed E-state index contributed by atoms with van der Waals surface area (Å²) in [4.78, 5) is 2.21. The van der Waals surface area contributed by atoms with E-state index in [2.05, 4.69) is 11.9 Å². The number of likely N-dealkylation sites (N-methyl/N-ethyl adjacent to an activating group) is 1. The lowest BCUT2D eigenvalue weighted by atomic mass is 10.2. The van der Waals surface area contributed by atoms with E-state index < -0.39 is 0 Å². The van der Waals surface area contributed by atoms with Gasteiger partial charge in [-0.2, -0.15) is 5.26 Å². The number of nitrogens with zero attached hydrogens (tertiary/aromatic N) is 2. The summed E-state index contributed by atoms with van der Waals surface area (Å²) >= 11 is 5.93. The van der Waals surface area contributed by atoms with Gasteiger partial charge in [0.25, 0.3) is 0 Å². The van der Waals surface area contributed by atoms with Gasteiger partial charge in [-0.15, -0.1) is 0 Å². The van der Waals surface area contributed by atoms with Crippen LogP contribution in [-0.4, -0.2) is 44.4 Å². The van der Waals surface area contributed by atoms with Crippen LogP contribution in [0.2, 0.25) is 5.02 Å². The highest BCUT2D eigenvalue weighted by Crippen LogP contribution is 2.22. The molecular formula is C13H15ClN2O2. The smallest absolute Gasteiger partial charge is 0.121 e. The zero-order valence-electron chi connectivity index (χ0n) is 10.2. The number of morpholine rings is 1. The molecule has 18 heavy (non-hydrogen) atoms. The quantitative estimate of drug-likeness (QED) is 0.839. The van der Waals surface area contributed by atoms with E-state index in [4.69, 9.17) is 26.3 Å². The Morgan fingerprint density at radius 2 is 2.44 bits per heavy atom. The summed E-state index contributed by atoms with van der Waals surface area (Å²) in [5.41, 5.74) is 0.456. The van der Waals surface area contributed by atoms with Crippen molar-refractivity contribution in [2.24, 2.45) is 0 Å². The first kappa shape index (κ1) is 13.2. The molecule has 5 heteroatoms. The molecule has 2 rings (SSSR count). The Morgan fingerprint density at radius 1 is 1.61 bits per heavy atom. The Morgan fingerprint density at radius 3 is 3.11 bits per heavy atom. The average molecular weight is 267 g/mol. The molecule has 0 aromatic heterocycles. The second kappa shape index (κ2) is 6.05. The van der Waals surface area contributed by atoms with Crippen molar-refractivity contribution in [1.29, 1.82) is 5.26 Å². The second-order valence-electron chi connectivity index (χ2n) is 4.32. The van der Waals surface area contributed by atoms with Crippen molar-refractivity contribution < 1.29 is 9.47 Å². The average Bonchev–Trinajstić information content (AvgIpc) is 2.37. The third-order valence-corrected chi connectivity index (χ3v) is 3.15. The van der Waals surface area contributed by atoms with E-state index in [0.29, 0.717) is 22.9 Å². The fraction of sp³-hybridized carbons (Fsp3) is 0.462. The predicted molar refractivity (Wildman–Crippen MR) is 68.9 cm³/mol. The first-order chi connectivity index (χ1) is 8.69. The number of hydrogen-bond donors (Lipinski definition) is 0. The number of hydrogen-bond acceptors (Lipinski definition) is 4. The first-order valence-corrected chi connectivity index (χ1v) is 6.19. The molecule has 1 fully saturated rings. The topological polar surface area (TPSA) is 45.5 Å².